The summed E-state index contributed by atoms with van der Waals surface area (Å²) in [5.41, 5.74) is 1.63. The maximum absolute atomic E-state index is 12.2. The predicted octanol–water partition coefficient (Wildman–Crippen LogP) is 3.26. The molecule has 6 nitrogen and oxygen atoms in total. The quantitative estimate of drug-likeness (QED) is 0.696. The number of halogens is 1. The summed E-state index contributed by atoms with van der Waals surface area (Å²) in [5, 5.41) is 2.87. The van der Waals surface area contributed by atoms with Crippen LogP contribution in [0.1, 0.15) is 24.1 Å². The van der Waals surface area contributed by atoms with Crippen molar-refractivity contribution in [3.63, 3.8) is 0 Å². The molecule has 1 N–H and O–H groups in total. The maximum Gasteiger partial charge on any atom is 0.258 e. The summed E-state index contributed by atoms with van der Waals surface area (Å²) in [4.78, 5) is 12.3. The van der Waals surface area contributed by atoms with Gasteiger partial charge < -0.3 is 10.1 Å². The molecule has 2 rings (SSSR count). The average Bonchev–Trinajstić information content (AvgIpc) is 2.60. The zero-order valence-corrected chi connectivity index (χ0v) is 18.1. The number of carbonyl (C=O) groups excluding carboxylic acids is 1. The van der Waals surface area contributed by atoms with E-state index in [1.807, 2.05) is 31.2 Å². The van der Waals surface area contributed by atoms with Crippen molar-refractivity contribution in [2.45, 2.75) is 24.8 Å². The van der Waals surface area contributed by atoms with Crippen molar-refractivity contribution in [1.29, 1.82) is 0 Å². The van der Waals surface area contributed by atoms with E-state index in [0.717, 1.165) is 14.3 Å². The van der Waals surface area contributed by atoms with E-state index in [-0.39, 0.29) is 23.5 Å². The molecule has 0 radical (unpaired) electrons. The topological polar surface area (TPSA) is 75.7 Å². The number of hydrogen-bond acceptors (Lipinski definition) is 4. The second-order valence-electron chi connectivity index (χ2n) is 6.34. The van der Waals surface area contributed by atoms with Crippen LogP contribution in [0.15, 0.2) is 51.8 Å². The molecular weight excluding hydrogens is 432 g/mol. The minimum atomic E-state index is -3.50. The third-order valence-electron chi connectivity index (χ3n) is 4.03. The Morgan fingerprint density at radius 3 is 2.37 bits per heavy atom. The number of rotatable bonds is 7. The van der Waals surface area contributed by atoms with Crippen LogP contribution in [-0.2, 0) is 14.8 Å². The van der Waals surface area contributed by atoms with E-state index >= 15 is 0 Å². The number of sulfonamides is 1. The summed E-state index contributed by atoms with van der Waals surface area (Å²) in [5.74, 6) is 0.217. The van der Waals surface area contributed by atoms with E-state index < -0.39 is 10.0 Å². The molecule has 1 amide bonds. The maximum atomic E-state index is 12.2. The zero-order chi connectivity index (χ0) is 20.2. The second-order valence-corrected chi connectivity index (χ2v) is 9.41. The smallest absolute Gasteiger partial charge is 0.258 e. The van der Waals surface area contributed by atoms with Gasteiger partial charge in [-0.1, -0.05) is 28.1 Å². The molecule has 0 aromatic heterocycles. The van der Waals surface area contributed by atoms with Crippen molar-refractivity contribution >= 4 is 31.9 Å². The summed E-state index contributed by atoms with van der Waals surface area (Å²) in [6.45, 7) is 3.49. The van der Waals surface area contributed by atoms with Gasteiger partial charge in [-0.25, -0.2) is 12.7 Å². The highest BCUT2D eigenvalue weighted by Gasteiger charge is 2.18. The number of nitrogens with one attached hydrogen (secondary N) is 1. The van der Waals surface area contributed by atoms with Crippen molar-refractivity contribution in [2.24, 2.45) is 0 Å². The first-order chi connectivity index (χ1) is 12.6. The van der Waals surface area contributed by atoms with Crippen LogP contribution in [0, 0.1) is 6.92 Å². The summed E-state index contributed by atoms with van der Waals surface area (Å²) < 4.78 is 32.0. The highest BCUT2D eigenvalue weighted by atomic mass is 79.9. The van der Waals surface area contributed by atoms with Gasteiger partial charge >= 0.3 is 0 Å². The lowest BCUT2D eigenvalue weighted by atomic mass is 10.1. The highest BCUT2D eigenvalue weighted by molar-refractivity contribution is 9.10. The van der Waals surface area contributed by atoms with Crippen LogP contribution in [0.25, 0.3) is 0 Å². The van der Waals surface area contributed by atoms with Crippen LogP contribution in [0.3, 0.4) is 0 Å². The second kappa shape index (κ2) is 8.86. The Bertz CT molecular complexity index is 912. The molecule has 0 saturated carbocycles. The fraction of sp³-hybridized carbons (Fsp3) is 0.316. The molecule has 1 atom stereocenters. The first-order valence-electron chi connectivity index (χ1n) is 8.32. The Labute approximate surface area is 168 Å². The molecule has 27 heavy (non-hydrogen) atoms. The normalized spacial score (nSPS) is 12.7. The Balaban J connectivity index is 1.98. The monoisotopic (exact) mass is 454 g/mol. The molecule has 0 aliphatic rings. The van der Waals surface area contributed by atoms with Gasteiger partial charge in [-0.05, 0) is 55.3 Å². The molecule has 0 saturated heterocycles. The van der Waals surface area contributed by atoms with Gasteiger partial charge in [0.05, 0.1) is 10.9 Å². The largest absolute Gasteiger partial charge is 0.484 e. The molecule has 0 spiro atoms. The third kappa shape index (κ3) is 5.54. The first-order valence-corrected chi connectivity index (χ1v) is 10.6. The summed E-state index contributed by atoms with van der Waals surface area (Å²) in [6.07, 6.45) is 0. The Kier molecular flexibility index (Phi) is 7.02. The Morgan fingerprint density at radius 1 is 1.19 bits per heavy atom. The molecule has 146 valence electrons. The summed E-state index contributed by atoms with van der Waals surface area (Å²) in [6, 6.07) is 12.1. The highest BCUT2D eigenvalue weighted by Crippen LogP contribution is 2.23. The van der Waals surface area contributed by atoms with Gasteiger partial charge in [-0.15, -0.1) is 0 Å². The lowest BCUT2D eigenvalue weighted by Gasteiger charge is -2.16. The van der Waals surface area contributed by atoms with E-state index in [4.69, 9.17) is 4.74 Å². The van der Waals surface area contributed by atoms with Crippen molar-refractivity contribution in [2.75, 3.05) is 20.7 Å². The van der Waals surface area contributed by atoms with Crippen molar-refractivity contribution in [3.8, 4) is 5.75 Å². The van der Waals surface area contributed by atoms with Crippen LogP contribution in [-0.4, -0.2) is 39.3 Å². The van der Waals surface area contributed by atoms with Gasteiger partial charge in [0.25, 0.3) is 5.91 Å². The summed E-state index contributed by atoms with van der Waals surface area (Å²) in [7, 11) is -0.546. The number of benzene rings is 2. The van der Waals surface area contributed by atoms with Crippen LogP contribution in [0.5, 0.6) is 5.75 Å². The Morgan fingerprint density at radius 2 is 1.81 bits per heavy atom. The lowest BCUT2D eigenvalue weighted by Crippen LogP contribution is -2.31. The van der Waals surface area contributed by atoms with E-state index in [2.05, 4.69) is 21.2 Å². The molecule has 0 aliphatic heterocycles. The van der Waals surface area contributed by atoms with Gasteiger partial charge in [0.15, 0.2) is 6.61 Å². The van der Waals surface area contributed by atoms with Gasteiger partial charge in [-0.2, -0.15) is 0 Å². The summed E-state index contributed by atoms with van der Waals surface area (Å²) >= 11 is 3.38. The van der Waals surface area contributed by atoms with Crippen molar-refractivity contribution < 1.29 is 17.9 Å². The number of carbonyl (C=O) groups is 1. The molecule has 0 bridgehead atoms. The van der Waals surface area contributed by atoms with Gasteiger partial charge in [0.1, 0.15) is 5.75 Å². The van der Waals surface area contributed by atoms with E-state index in [1.165, 1.54) is 26.2 Å². The SMILES string of the molecule is Cc1cc(S(=O)(=O)N(C)C)ccc1OCC(=O)N[C@@H](C)c1ccc(Br)cc1. The van der Waals surface area contributed by atoms with Crippen molar-refractivity contribution in [3.05, 3.63) is 58.1 Å². The van der Waals surface area contributed by atoms with Crippen LogP contribution in [0.2, 0.25) is 0 Å². The zero-order valence-electron chi connectivity index (χ0n) is 15.7. The standard InChI is InChI=1S/C19H23BrN2O4S/c1-13-11-17(27(24,25)22(3)4)9-10-18(13)26-12-19(23)21-14(2)15-5-7-16(20)8-6-15/h5-11,14H,12H2,1-4H3,(H,21,23)/t14-/m0/s1. The molecule has 8 heteroatoms. The fourth-order valence-electron chi connectivity index (χ4n) is 2.42. The fourth-order valence-corrected chi connectivity index (χ4v) is 3.67. The van der Waals surface area contributed by atoms with E-state index in [1.54, 1.807) is 13.0 Å². The molecule has 0 unspecified atom stereocenters. The number of hydrogen-bond donors (Lipinski definition) is 1. The van der Waals surface area contributed by atoms with Gasteiger partial charge in [0, 0.05) is 18.6 Å². The van der Waals surface area contributed by atoms with Crippen LogP contribution >= 0.6 is 15.9 Å². The van der Waals surface area contributed by atoms with Crippen molar-refractivity contribution in [1.82, 2.24) is 9.62 Å². The molecule has 0 fully saturated rings. The minimum Gasteiger partial charge on any atom is -0.484 e. The van der Waals surface area contributed by atoms with Crippen LogP contribution < -0.4 is 10.1 Å². The molecule has 0 aliphatic carbocycles. The number of nitrogens with zero attached hydrogens (tertiary/aromatic N) is 1. The molecule has 2 aromatic carbocycles. The first kappa shape index (κ1) is 21.4. The number of ether oxygens (including phenoxy) is 1. The Hall–Kier alpha value is -1.90. The average molecular weight is 455 g/mol. The number of aryl methyl sites for hydroxylation is 1. The van der Waals surface area contributed by atoms with E-state index in [9.17, 15) is 13.2 Å². The number of amides is 1. The van der Waals surface area contributed by atoms with E-state index in [0.29, 0.717) is 11.3 Å². The van der Waals surface area contributed by atoms with Crippen LogP contribution in [0.4, 0.5) is 0 Å². The molecule has 0 heterocycles. The molecular formula is C19H23BrN2O4S. The van der Waals surface area contributed by atoms with Gasteiger partial charge in [-0.3, -0.25) is 4.79 Å². The third-order valence-corrected chi connectivity index (χ3v) is 6.37. The lowest BCUT2D eigenvalue weighted by molar-refractivity contribution is -0.123. The predicted molar refractivity (Wildman–Crippen MR) is 108 cm³/mol. The minimum absolute atomic E-state index is 0.150. The molecule has 2 aromatic rings. The van der Waals surface area contributed by atoms with Gasteiger partial charge in [0.2, 0.25) is 10.0 Å².